The van der Waals surface area contributed by atoms with E-state index in [4.69, 9.17) is 9.47 Å². The number of aromatic nitrogens is 1. The SMILES string of the molecule is O=C(Cc1csc(CCc2ccccc2)n1)N1CCC2(CC1)OCCO2. The summed E-state index contributed by atoms with van der Waals surface area (Å²) >= 11 is 1.65. The van der Waals surface area contributed by atoms with Gasteiger partial charge in [0.05, 0.1) is 30.3 Å². The quantitative estimate of drug-likeness (QED) is 0.810. The smallest absolute Gasteiger partial charge is 0.228 e. The van der Waals surface area contributed by atoms with Crippen molar-refractivity contribution in [2.75, 3.05) is 26.3 Å². The van der Waals surface area contributed by atoms with E-state index in [9.17, 15) is 4.79 Å². The molecule has 5 nitrogen and oxygen atoms in total. The second-order valence-electron chi connectivity index (χ2n) is 6.88. The zero-order chi connectivity index (χ0) is 17.8. The van der Waals surface area contributed by atoms with E-state index in [1.54, 1.807) is 11.3 Å². The average Bonchev–Trinajstić information content (AvgIpc) is 3.31. The molecule has 1 spiro atoms. The first kappa shape index (κ1) is 17.6. The van der Waals surface area contributed by atoms with Crippen molar-refractivity contribution in [2.24, 2.45) is 0 Å². The van der Waals surface area contributed by atoms with Crippen LogP contribution < -0.4 is 0 Å². The number of carbonyl (C=O) groups excluding carboxylic acids is 1. The fraction of sp³-hybridized carbons (Fsp3) is 0.500. The van der Waals surface area contributed by atoms with Crippen LogP contribution in [0.5, 0.6) is 0 Å². The molecular formula is C20H24N2O3S. The summed E-state index contributed by atoms with van der Waals surface area (Å²) in [4.78, 5) is 19.1. The first-order chi connectivity index (χ1) is 12.7. The Bertz CT molecular complexity index is 731. The van der Waals surface area contributed by atoms with Crippen LogP contribution in [0.4, 0.5) is 0 Å². The summed E-state index contributed by atoms with van der Waals surface area (Å²) < 4.78 is 11.4. The molecule has 1 aromatic heterocycles. The van der Waals surface area contributed by atoms with Crippen LogP contribution in [0.15, 0.2) is 35.7 Å². The van der Waals surface area contributed by atoms with Crippen molar-refractivity contribution in [3.05, 3.63) is 52.0 Å². The van der Waals surface area contributed by atoms with Crippen molar-refractivity contribution in [3.63, 3.8) is 0 Å². The molecule has 4 rings (SSSR count). The number of thiazole rings is 1. The minimum absolute atomic E-state index is 0.151. The molecule has 0 atom stereocenters. The maximum atomic E-state index is 12.6. The monoisotopic (exact) mass is 372 g/mol. The minimum atomic E-state index is -0.429. The second-order valence-corrected chi connectivity index (χ2v) is 7.83. The highest BCUT2D eigenvalue weighted by molar-refractivity contribution is 7.09. The molecule has 2 fully saturated rings. The number of amides is 1. The fourth-order valence-electron chi connectivity index (χ4n) is 3.59. The van der Waals surface area contributed by atoms with Crippen LogP contribution in [0, 0.1) is 0 Å². The molecule has 0 aliphatic carbocycles. The lowest BCUT2D eigenvalue weighted by Crippen LogP contribution is -2.47. The lowest BCUT2D eigenvalue weighted by Gasteiger charge is -2.37. The molecular weight excluding hydrogens is 348 g/mol. The molecule has 2 aliphatic rings. The maximum Gasteiger partial charge on any atom is 0.228 e. The van der Waals surface area contributed by atoms with Crippen LogP contribution in [0.3, 0.4) is 0 Å². The van der Waals surface area contributed by atoms with Crippen molar-refractivity contribution >= 4 is 17.2 Å². The van der Waals surface area contributed by atoms with Crippen molar-refractivity contribution < 1.29 is 14.3 Å². The number of rotatable bonds is 5. The summed E-state index contributed by atoms with van der Waals surface area (Å²) in [5.74, 6) is -0.278. The third-order valence-electron chi connectivity index (χ3n) is 5.09. The molecule has 2 saturated heterocycles. The van der Waals surface area contributed by atoms with Crippen LogP contribution in [0.2, 0.25) is 0 Å². The largest absolute Gasteiger partial charge is 0.347 e. The van der Waals surface area contributed by atoms with Crippen LogP contribution in [-0.4, -0.2) is 47.9 Å². The number of aryl methyl sites for hydroxylation is 2. The molecule has 2 aromatic rings. The van der Waals surface area contributed by atoms with Gasteiger partial charge in [-0.05, 0) is 12.0 Å². The molecule has 138 valence electrons. The maximum absolute atomic E-state index is 12.6. The molecule has 0 bridgehead atoms. The van der Waals surface area contributed by atoms with Gasteiger partial charge in [0.15, 0.2) is 5.79 Å². The number of nitrogens with zero attached hydrogens (tertiary/aromatic N) is 2. The number of ether oxygens (including phenoxy) is 2. The molecule has 26 heavy (non-hydrogen) atoms. The Morgan fingerprint density at radius 3 is 2.58 bits per heavy atom. The van der Waals surface area contributed by atoms with Crippen molar-refractivity contribution in [2.45, 2.75) is 37.9 Å². The Balaban J connectivity index is 1.26. The van der Waals surface area contributed by atoms with Gasteiger partial charge in [-0.3, -0.25) is 4.79 Å². The Morgan fingerprint density at radius 1 is 1.12 bits per heavy atom. The molecule has 3 heterocycles. The van der Waals surface area contributed by atoms with Gasteiger partial charge in [0.1, 0.15) is 0 Å². The summed E-state index contributed by atoms with van der Waals surface area (Å²) in [7, 11) is 0. The van der Waals surface area contributed by atoms with Crippen LogP contribution in [-0.2, 0) is 33.5 Å². The van der Waals surface area contributed by atoms with Gasteiger partial charge < -0.3 is 14.4 Å². The van der Waals surface area contributed by atoms with Crippen LogP contribution >= 0.6 is 11.3 Å². The predicted octanol–water partition coefficient (Wildman–Crippen LogP) is 2.84. The summed E-state index contributed by atoms with van der Waals surface area (Å²) in [5.41, 5.74) is 2.20. The average molecular weight is 372 g/mol. The molecule has 1 amide bonds. The first-order valence-corrected chi connectivity index (χ1v) is 10.1. The Labute approximate surface area is 157 Å². The lowest BCUT2D eigenvalue weighted by molar-refractivity contribution is -0.187. The number of likely N-dealkylation sites (tertiary alicyclic amines) is 1. The van der Waals surface area contributed by atoms with E-state index < -0.39 is 5.79 Å². The van der Waals surface area contributed by atoms with Gasteiger partial charge in [0.25, 0.3) is 0 Å². The highest BCUT2D eigenvalue weighted by Crippen LogP contribution is 2.31. The van der Waals surface area contributed by atoms with Crippen LogP contribution in [0.25, 0.3) is 0 Å². The molecule has 0 saturated carbocycles. The molecule has 1 aromatic carbocycles. The Morgan fingerprint density at radius 2 is 1.85 bits per heavy atom. The normalized spacial score (nSPS) is 19.2. The third-order valence-corrected chi connectivity index (χ3v) is 6.05. The lowest BCUT2D eigenvalue weighted by atomic mass is 10.0. The van der Waals surface area contributed by atoms with E-state index in [2.05, 4.69) is 29.2 Å². The number of benzene rings is 1. The summed E-state index contributed by atoms with van der Waals surface area (Å²) in [6.45, 7) is 2.73. The standard InChI is InChI=1S/C20H24N2O3S/c23-19(22-10-8-20(9-11-22)24-12-13-25-20)14-17-15-26-18(21-17)7-6-16-4-2-1-3-5-16/h1-5,15H,6-14H2. The zero-order valence-corrected chi connectivity index (χ0v) is 15.7. The van der Waals surface area contributed by atoms with Gasteiger partial charge in [0, 0.05) is 37.7 Å². The number of piperidine rings is 1. The van der Waals surface area contributed by atoms with Gasteiger partial charge in [-0.1, -0.05) is 30.3 Å². The number of hydrogen-bond acceptors (Lipinski definition) is 5. The molecule has 6 heteroatoms. The van der Waals surface area contributed by atoms with E-state index >= 15 is 0 Å². The number of carbonyl (C=O) groups is 1. The van der Waals surface area contributed by atoms with Gasteiger partial charge in [-0.15, -0.1) is 11.3 Å². The predicted molar refractivity (Wildman–Crippen MR) is 100 cm³/mol. The second kappa shape index (κ2) is 7.86. The molecule has 0 N–H and O–H groups in total. The van der Waals surface area contributed by atoms with Crippen molar-refractivity contribution in [1.29, 1.82) is 0 Å². The van der Waals surface area contributed by atoms with E-state index in [0.29, 0.717) is 32.7 Å². The van der Waals surface area contributed by atoms with Crippen molar-refractivity contribution in [1.82, 2.24) is 9.88 Å². The van der Waals surface area contributed by atoms with Gasteiger partial charge in [-0.25, -0.2) is 4.98 Å². The third kappa shape index (κ3) is 4.14. The highest BCUT2D eigenvalue weighted by atomic mass is 32.1. The highest BCUT2D eigenvalue weighted by Gasteiger charge is 2.40. The summed E-state index contributed by atoms with van der Waals surface area (Å²) in [5, 5.41) is 3.12. The van der Waals surface area contributed by atoms with Gasteiger partial charge >= 0.3 is 0 Å². The molecule has 2 aliphatic heterocycles. The summed E-state index contributed by atoms with van der Waals surface area (Å²) in [6, 6.07) is 10.4. The Hall–Kier alpha value is -1.76. The van der Waals surface area contributed by atoms with E-state index in [1.807, 2.05) is 16.3 Å². The van der Waals surface area contributed by atoms with E-state index in [1.165, 1.54) is 5.56 Å². The minimum Gasteiger partial charge on any atom is -0.347 e. The van der Waals surface area contributed by atoms with E-state index in [-0.39, 0.29) is 5.91 Å². The molecule has 0 radical (unpaired) electrons. The van der Waals surface area contributed by atoms with E-state index in [0.717, 1.165) is 36.4 Å². The zero-order valence-electron chi connectivity index (χ0n) is 14.9. The number of hydrogen-bond donors (Lipinski definition) is 0. The fourth-order valence-corrected chi connectivity index (χ4v) is 4.39. The van der Waals surface area contributed by atoms with Gasteiger partial charge in [-0.2, -0.15) is 0 Å². The van der Waals surface area contributed by atoms with Crippen molar-refractivity contribution in [3.8, 4) is 0 Å². The summed E-state index contributed by atoms with van der Waals surface area (Å²) in [6.07, 6.45) is 3.81. The molecule has 0 unspecified atom stereocenters. The Kier molecular flexibility index (Phi) is 5.33. The first-order valence-electron chi connectivity index (χ1n) is 9.25. The topological polar surface area (TPSA) is 51.7 Å². The van der Waals surface area contributed by atoms with Crippen LogP contribution in [0.1, 0.15) is 29.1 Å². The van der Waals surface area contributed by atoms with Gasteiger partial charge in [0.2, 0.25) is 5.91 Å².